The lowest BCUT2D eigenvalue weighted by molar-refractivity contribution is -0.147. The fourth-order valence-corrected chi connectivity index (χ4v) is 5.34. The molecule has 4 rings (SSSR count). The molecule has 4 atom stereocenters. The van der Waals surface area contributed by atoms with Crippen LogP contribution in [0.3, 0.4) is 0 Å². The average Bonchev–Trinajstić information content (AvgIpc) is 3.36. The van der Waals surface area contributed by atoms with Crippen LogP contribution in [0.15, 0.2) is 24.3 Å². The van der Waals surface area contributed by atoms with Crippen molar-refractivity contribution in [2.24, 2.45) is 17.8 Å². The Morgan fingerprint density at radius 1 is 1.21 bits per heavy atom. The van der Waals surface area contributed by atoms with Gasteiger partial charge in [-0.2, -0.15) is 0 Å². The first-order chi connectivity index (χ1) is 13.8. The Bertz CT molecular complexity index is 921. The van der Waals surface area contributed by atoms with Crippen LogP contribution in [0.5, 0.6) is 0 Å². The number of ether oxygens (including phenoxy) is 1. The maximum Gasteiger partial charge on any atom is 0.310 e. The molecule has 3 heterocycles. The van der Waals surface area contributed by atoms with Crippen molar-refractivity contribution in [3.8, 4) is 11.3 Å². The third-order valence-electron chi connectivity index (χ3n) is 5.76. The second-order valence-electron chi connectivity index (χ2n) is 8.39. The van der Waals surface area contributed by atoms with Crippen molar-refractivity contribution in [3.63, 3.8) is 0 Å². The summed E-state index contributed by atoms with van der Waals surface area (Å²) < 4.78 is 5.70. The summed E-state index contributed by atoms with van der Waals surface area (Å²) in [5.41, 5.74) is 3.15. The highest BCUT2D eigenvalue weighted by Gasteiger charge is 2.55. The standard InChI is InChI=1S/C22H26N2O4S/c1-11(2)10-13-4-6-14(7-5-13)19-12(3)29-22(23-19)24-20(25)17-15-8-9-16(28-15)18(17)21(26)27/h4-7,11,15-18H,8-10H2,1-3H3,(H,26,27)(H,23,24,25)/t15-,16-,17-,18+/m1/s1. The summed E-state index contributed by atoms with van der Waals surface area (Å²) in [5, 5.41) is 12.9. The van der Waals surface area contributed by atoms with Crippen LogP contribution in [-0.2, 0) is 20.7 Å². The van der Waals surface area contributed by atoms with Crippen molar-refractivity contribution in [2.75, 3.05) is 5.32 Å². The molecule has 7 heteroatoms. The first kappa shape index (κ1) is 20.0. The summed E-state index contributed by atoms with van der Waals surface area (Å²) in [4.78, 5) is 30.1. The molecule has 0 unspecified atom stereocenters. The molecular weight excluding hydrogens is 388 g/mol. The van der Waals surface area contributed by atoms with Crippen LogP contribution in [0.2, 0.25) is 0 Å². The second-order valence-corrected chi connectivity index (χ2v) is 9.59. The van der Waals surface area contributed by atoms with Gasteiger partial charge in [0.25, 0.3) is 0 Å². The highest BCUT2D eigenvalue weighted by molar-refractivity contribution is 7.16. The number of aromatic nitrogens is 1. The van der Waals surface area contributed by atoms with Crippen LogP contribution in [0.1, 0.15) is 37.1 Å². The Labute approximate surface area is 174 Å². The van der Waals surface area contributed by atoms with Crippen LogP contribution in [0.25, 0.3) is 11.3 Å². The van der Waals surface area contributed by atoms with E-state index in [1.165, 1.54) is 16.9 Å². The molecule has 1 aromatic carbocycles. The molecule has 0 saturated carbocycles. The molecule has 154 valence electrons. The number of rotatable bonds is 6. The molecule has 2 aliphatic rings. The minimum absolute atomic E-state index is 0.308. The Balaban J connectivity index is 1.49. The highest BCUT2D eigenvalue weighted by Crippen LogP contribution is 2.44. The monoisotopic (exact) mass is 414 g/mol. The average molecular weight is 415 g/mol. The zero-order valence-corrected chi connectivity index (χ0v) is 17.7. The predicted molar refractivity (Wildman–Crippen MR) is 112 cm³/mol. The van der Waals surface area contributed by atoms with Crippen molar-refractivity contribution in [1.82, 2.24) is 4.98 Å². The molecule has 1 aromatic heterocycles. The topological polar surface area (TPSA) is 88.5 Å². The van der Waals surface area contributed by atoms with Gasteiger partial charge in [0.2, 0.25) is 5.91 Å². The second kappa shape index (κ2) is 7.88. The number of anilines is 1. The van der Waals surface area contributed by atoms with E-state index in [-0.39, 0.29) is 18.1 Å². The maximum atomic E-state index is 12.8. The summed E-state index contributed by atoms with van der Waals surface area (Å²) in [6.07, 6.45) is 1.81. The molecular formula is C22H26N2O4S. The van der Waals surface area contributed by atoms with Gasteiger partial charge in [0.05, 0.1) is 29.7 Å². The fourth-order valence-electron chi connectivity index (χ4n) is 4.50. The van der Waals surface area contributed by atoms with E-state index in [4.69, 9.17) is 4.74 Å². The van der Waals surface area contributed by atoms with E-state index in [2.05, 4.69) is 48.4 Å². The number of carboxylic acid groups (broad SMARTS) is 1. The van der Waals surface area contributed by atoms with E-state index in [9.17, 15) is 14.7 Å². The summed E-state index contributed by atoms with van der Waals surface area (Å²) in [6.45, 7) is 6.37. The number of hydrogen-bond donors (Lipinski definition) is 2. The van der Waals surface area contributed by atoms with Crippen molar-refractivity contribution < 1.29 is 19.4 Å². The van der Waals surface area contributed by atoms with Gasteiger partial charge in [0, 0.05) is 10.4 Å². The molecule has 2 aromatic rings. The van der Waals surface area contributed by atoms with Gasteiger partial charge in [-0.1, -0.05) is 38.1 Å². The smallest absolute Gasteiger partial charge is 0.310 e. The normalized spacial score (nSPS) is 25.5. The van der Waals surface area contributed by atoms with Crippen LogP contribution in [0, 0.1) is 24.7 Å². The third kappa shape index (κ3) is 3.94. The molecule has 2 fully saturated rings. The van der Waals surface area contributed by atoms with Gasteiger partial charge in [-0.25, -0.2) is 4.98 Å². The number of benzene rings is 1. The van der Waals surface area contributed by atoms with Gasteiger partial charge in [-0.15, -0.1) is 11.3 Å². The number of nitrogens with one attached hydrogen (secondary N) is 1. The van der Waals surface area contributed by atoms with E-state index in [1.807, 2.05) is 6.92 Å². The number of amides is 1. The fraction of sp³-hybridized carbons (Fsp3) is 0.500. The Morgan fingerprint density at radius 3 is 2.48 bits per heavy atom. The van der Waals surface area contributed by atoms with Crippen LogP contribution >= 0.6 is 11.3 Å². The lowest BCUT2D eigenvalue weighted by atomic mass is 9.79. The van der Waals surface area contributed by atoms with Gasteiger partial charge < -0.3 is 15.2 Å². The molecule has 2 saturated heterocycles. The molecule has 6 nitrogen and oxygen atoms in total. The van der Waals surface area contributed by atoms with E-state index in [0.29, 0.717) is 17.5 Å². The van der Waals surface area contributed by atoms with Crippen LogP contribution < -0.4 is 5.32 Å². The minimum Gasteiger partial charge on any atom is -0.481 e. The van der Waals surface area contributed by atoms with Crippen LogP contribution in [-0.4, -0.2) is 34.2 Å². The highest BCUT2D eigenvalue weighted by atomic mass is 32.1. The minimum atomic E-state index is -0.963. The van der Waals surface area contributed by atoms with Gasteiger partial charge >= 0.3 is 5.97 Å². The molecule has 0 radical (unpaired) electrons. The van der Waals surface area contributed by atoms with Gasteiger partial charge in [0.1, 0.15) is 0 Å². The number of fused-ring (bicyclic) bond motifs is 2. The SMILES string of the molecule is Cc1sc(NC(=O)[C@H]2[C@@H](C(=O)O)[C@H]3CC[C@H]2O3)nc1-c1ccc(CC(C)C)cc1. The first-order valence-corrected chi connectivity index (χ1v) is 10.9. The van der Waals surface area contributed by atoms with E-state index in [0.717, 1.165) is 29.0 Å². The number of hydrogen-bond acceptors (Lipinski definition) is 5. The quantitative estimate of drug-likeness (QED) is 0.742. The summed E-state index contributed by atoms with van der Waals surface area (Å²) in [7, 11) is 0. The zero-order chi connectivity index (χ0) is 20.7. The predicted octanol–water partition coefficient (Wildman–Crippen LogP) is 4.13. The van der Waals surface area contributed by atoms with E-state index >= 15 is 0 Å². The number of aliphatic carboxylic acids is 1. The lowest BCUT2D eigenvalue weighted by Gasteiger charge is -2.23. The van der Waals surface area contributed by atoms with E-state index in [1.54, 1.807) is 0 Å². The van der Waals surface area contributed by atoms with Crippen LogP contribution in [0.4, 0.5) is 5.13 Å². The summed E-state index contributed by atoms with van der Waals surface area (Å²) in [6, 6.07) is 8.37. The molecule has 2 aliphatic heterocycles. The van der Waals surface area contributed by atoms with Gasteiger partial charge in [-0.3, -0.25) is 9.59 Å². The van der Waals surface area contributed by atoms with Crippen molar-refractivity contribution >= 4 is 28.3 Å². The molecule has 29 heavy (non-hydrogen) atoms. The number of carbonyl (C=O) groups excluding carboxylic acids is 1. The Morgan fingerprint density at radius 2 is 1.86 bits per heavy atom. The largest absolute Gasteiger partial charge is 0.481 e. The Kier molecular flexibility index (Phi) is 5.44. The van der Waals surface area contributed by atoms with Crippen molar-refractivity contribution in [3.05, 3.63) is 34.7 Å². The van der Waals surface area contributed by atoms with Crippen molar-refractivity contribution in [2.45, 2.75) is 52.2 Å². The lowest BCUT2D eigenvalue weighted by Crippen LogP contribution is -2.40. The number of thiazole rings is 1. The van der Waals surface area contributed by atoms with Gasteiger partial charge in [0.15, 0.2) is 5.13 Å². The zero-order valence-electron chi connectivity index (χ0n) is 16.8. The van der Waals surface area contributed by atoms with E-state index < -0.39 is 17.8 Å². The van der Waals surface area contributed by atoms with Crippen molar-refractivity contribution in [1.29, 1.82) is 0 Å². The van der Waals surface area contributed by atoms with Gasteiger partial charge in [-0.05, 0) is 37.7 Å². The molecule has 2 bridgehead atoms. The Hall–Kier alpha value is -2.25. The molecule has 0 aliphatic carbocycles. The maximum absolute atomic E-state index is 12.8. The molecule has 0 spiro atoms. The first-order valence-electron chi connectivity index (χ1n) is 10.1. The number of carbonyl (C=O) groups is 2. The number of carboxylic acids is 1. The molecule has 2 N–H and O–H groups in total. The third-order valence-corrected chi connectivity index (χ3v) is 6.65. The summed E-state index contributed by atoms with van der Waals surface area (Å²) in [5.74, 6) is -2.10. The number of nitrogens with zero attached hydrogens (tertiary/aromatic N) is 1. The number of aryl methyl sites for hydroxylation is 1. The summed E-state index contributed by atoms with van der Waals surface area (Å²) >= 11 is 1.41. The molecule has 1 amide bonds.